The fourth-order valence-corrected chi connectivity index (χ4v) is 2.15. The Morgan fingerprint density at radius 3 is 2.71 bits per heavy atom. The van der Waals surface area contributed by atoms with Gasteiger partial charge in [0.25, 0.3) is 0 Å². The molecular weight excluding hydrogens is 266 g/mol. The van der Waals surface area contributed by atoms with Crippen molar-refractivity contribution in [3.63, 3.8) is 0 Å². The van der Waals surface area contributed by atoms with E-state index >= 15 is 0 Å². The second-order valence-corrected chi connectivity index (χ2v) is 6.02. The molecule has 0 aliphatic carbocycles. The molecule has 0 saturated carbocycles. The van der Waals surface area contributed by atoms with E-state index in [0.717, 1.165) is 0 Å². The van der Waals surface area contributed by atoms with E-state index in [4.69, 9.17) is 21.4 Å². The number of anilines is 1. The van der Waals surface area contributed by atoms with Gasteiger partial charge in [-0.2, -0.15) is 0 Å². The SMILES string of the molecule is COc1ccc(Cl)cc1NS(=O)(=O)C(C)CO. The zero-order valence-electron chi connectivity index (χ0n) is 9.47. The lowest BCUT2D eigenvalue weighted by atomic mass is 10.3. The topological polar surface area (TPSA) is 75.6 Å². The smallest absolute Gasteiger partial charge is 0.237 e. The summed E-state index contributed by atoms with van der Waals surface area (Å²) in [5, 5.41) is 8.33. The third-order valence-corrected chi connectivity index (χ3v) is 4.15. The van der Waals surface area contributed by atoms with Crippen LogP contribution in [0.2, 0.25) is 5.02 Å². The second kappa shape index (κ2) is 5.57. The molecular formula is C10H14ClNO4S. The number of halogens is 1. The zero-order valence-corrected chi connectivity index (χ0v) is 11.0. The number of nitrogens with one attached hydrogen (secondary N) is 1. The average Bonchev–Trinajstić information content (AvgIpc) is 2.27. The van der Waals surface area contributed by atoms with Crippen molar-refractivity contribution in [3.8, 4) is 5.75 Å². The highest BCUT2D eigenvalue weighted by Gasteiger charge is 2.21. The number of sulfonamides is 1. The molecule has 1 atom stereocenters. The van der Waals surface area contributed by atoms with Gasteiger partial charge in [-0.15, -0.1) is 0 Å². The van der Waals surface area contributed by atoms with Crippen LogP contribution in [0.1, 0.15) is 6.92 Å². The highest BCUT2D eigenvalue weighted by atomic mass is 35.5. The van der Waals surface area contributed by atoms with E-state index in [9.17, 15) is 8.42 Å². The fourth-order valence-electron chi connectivity index (χ4n) is 1.11. The van der Waals surface area contributed by atoms with Crippen molar-refractivity contribution in [2.24, 2.45) is 0 Å². The van der Waals surface area contributed by atoms with Crippen LogP contribution in [0.3, 0.4) is 0 Å². The normalized spacial score (nSPS) is 13.2. The van der Waals surface area contributed by atoms with Crippen molar-refractivity contribution in [1.82, 2.24) is 0 Å². The first kappa shape index (κ1) is 14.1. The summed E-state index contributed by atoms with van der Waals surface area (Å²) in [5.41, 5.74) is 0.250. The van der Waals surface area contributed by atoms with Gasteiger partial charge in [0.05, 0.1) is 19.4 Å². The molecule has 0 bridgehead atoms. The Hall–Kier alpha value is -0.980. The first-order chi connectivity index (χ1) is 7.90. The summed E-state index contributed by atoms with van der Waals surface area (Å²) in [6.07, 6.45) is 0. The maximum absolute atomic E-state index is 11.7. The Morgan fingerprint density at radius 1 is 1.53 bits per heavy atom. The third kappa shape index (κ3) is 3.49. The van der Waals surface area contributed by atoms with Gasteiger partial charge in [0.15, 0.2) is 0 Å². The number of hydrogen-bond donors (Lipinski definition) is 2. The number of benzene rings is 1. The molecule has 1 aromatic rings. The van der Waals surface area contributed by atoms with Crippen LogP contribution in [0.15, 0.2) is 18.2 Å². The van der Waals surface area contributed by atoms with E-state index in [0.29, 0.717) is 10.8 Å². The quantitative estimate of drug-likeness (QED) is 0.856. The summed E-state index contributed by atoms with van der Waals surface area (Å²) in [4.78, 5) is 0. The number of aliphatic hydroxyl groups is 1. The maximum atomic E-state index is 11.7. The molecule has 0 radical (unpaired) electrons. The lowest BCUT2D eigenvalue weighted by Gasteiger charge is -2.15. The Balaban J connectivity index is 3.06. The highest BCUT2D eigenvalue weighted by Crippen LogP contribution is 2.28. The standard InChI is InChI=1S/C10H14ClNO4S/c1-7(6-13)17(14,15)12-9-5-8(11)3-4-10(9)16-2/h3-5,7,12-13H,6H2,1-2H3. The molecule has 2 N–H and O–H groups in total. The van der Waals surface area contributed by atoms with Crippen molar-refractivity contribution >= 4 is 27.3 Å². The number of aliphatic hydroxyl groups excluding tert-OH is 1. The van der Waals surface area contributed by atoms with E-state index < -0.39 is 21.9 Å². The van der Waals surface area contributed by atoms with Gasteiger partial charge in [0.2, 0.25) is 10.0 Å². The van der Waals surface area contributed by atoms with Gasteiger partial charge in [-0.1, -0.05) is 11.6 Å². The van der Waals surface area contributed by atoms with Gasteiger partial charge in [0, 0.05) is 5.02 Å². The molecule has 0 saturated heterocycles. The number of ether oxygens (including phenoxy) is 1. The molecule has 0 aliphatic heterocycles. The Labute approximate surface area is 105 Å². The van der Waals surface area contributed by atoms with Crippen LogP contribution in [0, 0.1) is 0 Å². The number of methoxy groups -OCH3 is 1. The van der Waals surface area contributed by atoms with Gasteiger partial charge in [0.1, 0.15) is 11.0 Å². The fraction of sp³-hybridized carbons (Fsp3) is 0.400. The predicted octanol–water partition coefficient (Wildman–Crippen LogP) is 1.47. The van der Waals surface area contributed by atoms with E-state index in [-0.39, 0.29) is 5.69 Å². The summed E-state index contributed by atoms with van der Waals surface area (Å²) < 4.78 is 30.8. The van der Waals surface area contributed by atoms with Crippen molar-refractivity contribution < 1.29 is 18.3 Å². The molecule has 0 aromatic heterocycles. The molecule has 7 heteroatoms. The van der Waals surface area contributed by atoms with Crippen LogP contribution in [-0.2, 0) is 10.0 Å². The van der Waals surface area contributed by atoms with Gasteiger partial charge < -0.3 is 9.84 Å². The Morgan fingerprint density at radius 2 is 2.18 bits per heavy atom. The third-order valence-electron chi connectivity index (χ3n) is 2.20. The van der Waals surface area contributed by atoms with Crippen LogP contribution in [0.4, 0.5) is 5.69 Å². The van der Waals surface area contributed by atoms with Crippen LogP contribution in [-0.4, -0.2) is 32.5 Å². The van der Waals surface area contributed by atoms with Crippen LogP contribution >= 0.6 is 11.6 Å². The number of rotatable bonds is 5. The molecule has 0 amide bonds. The molecule has 5 nitrogen and oxygen atoms in total. The molecule has 17 heavy (non-hydrogen) atoms. The molecule has 1 rings (SSSR count). The maximum Gasteiger partial charge on any atom is 0.237 e. The van der Waals surface area contributed by atoms with Gasteiger partial charge in [-0.05, 0) is 25.1 Å². The molecule has 0 aliphatic rings. The van der Waals surface area contributed by atoms with Crippen LogP contribution < -0.4 is 9.46 Å². The predicted molar refractivity (Wildman–Crippen MR) is 67.1 cm³/mol. The molecule has 0 spiro atoms. The lowest BCUT2D eigenvalue weighted by molar-refractivity contribution is 0.296. The zero-order chi connectivity index (χ0) is 13.1. The minimum absolute atomic E-state index is 0.250. The van der Waals surface area contributed by atoms with Crippen LogP contribution in [0.5, 0.6) is 5.75 Å². The van der Waals surface area contributed by atoms with Gasteiger partial charge in [-0.25, -0.2) is 8.42 Å². The first-order valence-corrected chi connectivity index (χ1v) is 6.79. The summed E-state index contributed by atoms with van der Waals surface area (Å²) in [5.74, 6) is 0.364. The van der Waals surface area contributed by atoms with Crippen molar-refractivity contribution in [3.05, 3.63) is 23.2 Å². The molecule has 0 heterocycles. The summed E-state index contributed by atoms with van der Waals surface area (Å²) in [6, 6.07) is 4.60. The highest BCUT2D eigenvalue weighted by molar-refractivity contribution is 7.93. The van der Waals surface area contributed by atoms with Crippen molar-refractivity contribution in [2.75, 3.05) is 18.4 Å². The monoisotopic (exact) mass is 279 g/mol. The van der Waals surface area contributed by atoms with Gasteiger partial charge >= 0.3 is 0 Å². The summed E-state index contributed by atoms with van der Waals surface area (Å²) in [6.45, 7) is 0.942. The minimum atomic E-state index is -3.65. The first-order valence-electron chi connectivity index (χ1n) is 4.86. The van der Waals surface area contributed by atoms with Crippen molar-refractivity contribution in [1.29, 1.82) is 0 Å². The summed E-state index contributed by atoms with van der Waals surface area (Å²) >= 11 is 5.78. The van der Waals surface area contributed by atoms with Gasteiger partial charge in [-0.3, -0.25) is 4.72 Å². The van der Waals surface area contributed by atoms with E-state index in [1.54, 1.807) is 12.1 Å². The van der Waals surface area contributed by atoms with E-state index in [2.05, 4.69) is 4.72 Å². The van der Waals surface area contributed by atoms with E-state index in [1.807, 2.05) is 0 Å². The molecule has 96 valence electrons. The molecule has 1 aromatic carbocycles. The summed E-state index contributed by atoms with van der Waals surface area (Å²) in [7, 11) is -2.22. The second-order valence-electron chi connectivity index (χ2n) is 3.48. The minimum Gasteiger partial charge on any atom is -0.495 e. The largest absolute Gasteiger partial charge is 0.495 e. The Kier molecular flexibility index (Phi) is 4.62. The molecule has 0 fully saturated rings. The van der Waals surface area contributed by atoms with Crippen molar-refractivity contribution in [2.45, 2.75) is 12.2 Å². The Bertz CT molecular complexity index is 489. The average molecular weight is 280 g/mol. The van der Waals surface area contributed by atoms with E-state index in [1.165, 1.54) is 20.1 Å². The molecule has 1 unspecified atom stereocenters. The number of hydrogen-bond acceptors (Lipinski definition) is 4. The lowest BCUT2D eigenvalue weighted by Crippen LogP contribution is -2.28. The van der Waals surface area contributed by atoms with Crippen LogP contribution in [0.25, 0.3) is 0 Å².